The summed E-state index contributed by atoms with van der Waals surface area (Å²) in [7, 11) is 0. The lowest BCUT2D eigenvalue weighted by Crippen LogP contribution is -2.27. The van der Waals surface area contributed by atoms with Gasteiger partial charge in [0.1, 0.15) is 10.2 Å². The van der Waals surface area contributed by atoms with Crippen molar-refractivity contribution in [2.45, 2.75) is 30.0 Å². The summed E-state index contributed by atoms with van der Waals surface area (Å²) in [5.74, 6) is 1.48. The summed E-state index contributed by atoms with van der Waals surface area (Å²) in [6.07, 6.45) is 0. The quantitative estimate of drug-likeness (QED) is 0.435. The third-order valence-electron chi connectivity index (χ3n) is 4.34. The van der Waals surface area contributed by atoms with Crippen molar-refractivity contribution < 1.29 is 4.79 Å². The van der Waals surface area contributed by atoms with Crippen molar-refractivity contribution in [3.05, 3.63) is 76.6 Å². The van der Waals surface area contributed by atoms with E-state index in [9.17, 15) is 4.79 Å². The van der Waals surface area contributed by atoms with Crippen LogP contribution in [0, 0.1) is 6.92 Å². The lowest BCUT2D eigenvalue weighted by molar-refractivity contribution is 0.0938. The molecule has 4 aromatic rings. The van der Waals surface area contributed by atoms with E-state index in [1.54, 1.807) is 23.1 Å². The Bertz CT molecular complexity index is 1070. The molecule has 0 aliphatic carbocycles. The number of thiazole rings is 1. The molecule has 2 aromatic carbocycles. The Hall–Kier alpha value is -2.64. The first-order chi connectivity index (χ1) is 13.6. The summed E-state index contributed by atoms with van der Waals surface area (Å²) in [6, 6.07) is 15.4. The normalized spacial score (nSPS) is 12.2. The minimum Gasteiger partial charge on any atom is -0.342 e. The smallest absolute Gasteiger partial charge is 0.251 e. The van der Waals surface area contributed by atoms with E-state index in [4.69, 9.17) is 0 Å². The molecule has 4 rings (SSSR count). The van der Waals surface area contributed by atoms with Crippen LogP contribution in [0.3, 0.4) is 0 Å². The Morgan fingerprint density at radius 1 is 1.18 bits per heavy atom. The zero-order valence-corrected chi connectivity index (χ0v) is 17.2. The van der Waals surface area contributed by atoms with E-state index in [1.165, 1.54) is 5.56 Å². The number of nitrogens with zero attached hydrogens (tertiary/aromatic N) is 2. The van der Waals surface area contributed by atoms with Crippen molar-refractivity contribution in [2.24, 2.45) is 0 Å². The maximum Gasteiger partial charge on any atom is 0.251 e. The van der Waals surface area contributed by atoms with E-state index >= 15 is 0 Å². The topological polar surface area (TPSA) is 70.7 Å². The zero-order valence-electron chi connectivity index (χ0n) is 15.6. The van der Waals surface area contributed by atoms with Gasteiger partial charge in [-0.05, 0) is 43.7 Å². The van der Waals surface area contributed by atoms with Crippen LogP contribution in [0.1, 0.15) is 40.4 Å². The van der Waals surface area contributed by atoms with E-state index < -0.39 is 0 Å². The van der Waals surface area contributed by atoms with Gasteiger partial charge in [0.05, 0.1) is 17.1 Å². The number of aromatic amines is 1. The second kappa shape index (κ2) is 8.16. The molecule has 0 radical (unpaired) electrons. The Morgan fingerprint density at radius 3 is 2.68 bits per heavy atom. The second-order valence-electron chi connectivity index (χ2n) is 6.57. The maximum atomic E-state index is 12.6. The van der Waals surface area contributed by atoms with Crippen LogP contribution in [0.15, 0.2) is 58.3 Å². The highest BCUT2D eigenvalue weighted by Gasteiger charge is 2.15. The number of hydrogen-bond acceptors (Lipinski definition) is 5. The molecule has 0 fully saturated rings. The Kier molecular flexibility index (Phi) is 5.45. The third kappa shape index (κ3) is 4.26. The predicted octanol–water partition coefficient (Wildman–Crippen LogP) is 5.11. The molecule has 142 valence electrons. The van der Waals surface area contributed by atoms with Crippen LogP contribution in [0.5, 0.6) is 0 Å². The molecule has 0 saturated heterocycles. The molecule has 0 aliphatic rings. The monoisotopic (exact) mass is 408 g/mol. The van der Waals surface area contributed by atoms with E-state index in [1.807, 2.05) is 62.4 Å². The Balaban J connectivity index is 1.37. The summed E-state index contributed by atoms with van der Waals surface area (Å²) in [6.45, 7) is 3.93. The van der Waals surface area contributed by atoms with Crippen LogP contribution in [0.4, 0.5) is 0 Å². The van der Waals surface area contributed by atoms with Gasteiger partial charge in [-0.15, -0.1) is 11.3 Å². The highest BCUT2D eigenvalue weighted by molar-refractivity contribution is 8.00. The molecule has 28 heavy (non-hydrogen) atoms. The average molecular weight is 409 g/mol. The van der Waals surface area contributed by atoms with Gasteiger partial charge in [-0.25, -0.2) is 9.97 Å². The summed E-state index contributed by atoms with van der Waals surface area (Å²) < 4.78 is 1.07. The molecule has 0 spiro atoms. The van der Waals surface area contributed by atoms with Gasteiger partial charge in [0.2, 0.25) is 0 Å². The molecule has 0 saturated carbocycles. The molecule has 2 aromatic heterocycles. The summed E-state index contributed by atoms with van der Waals surface area (Å²) >= 11 is 3.37. The molecule has 0 aliphatic heterocycles. The van der Waals surface area contributed by atoms with Gasteiger partial charge >= 0.3 is 0 Å². The van der Waals surface area contributed by atoms with Crippen LogP contribution >= 0.6 is 23.1 Å². The number of H-pyrrole nitrogens is 1. The first kappa shape index (κ1) is 18.7. The number of nitrogens with one attached hydrogen (secondary N) is 2. The number of benzene rings is 2. The van der Waals surface area contributed by atoms with Crippen LogP contribution in [0.25, 0.3) is 11.0 Å². The molecule has 5 nitrogen and oxygen atoms in total. The van der Waals surface area contributed by atoms with Gasteiger partial charge < -0.3 is 10.3 Å². The Morgan fingerprint density at radius 2 is 1.96 bits per heavy atom. The number of hydrogen-bond donors (Lipinski definition) is 2. The molecule has 7 heteroatoms. The summed E-state index contributed by atoms with van der Waals surface area (Å²) in [4.78, 5) is 24.8. The van der Waals surface area contributed by atoms with Gasteiger partial charge in [-0.2, -0.15) is 0 Å². The zero-order chi connectivity index (χ0) is 19.5. The number of amides is 1. The fourth-order valence-electron chi connectivity index (χ4n) is 2.82. The number of aryl methyl sites for hydroxylation is 1. The van der Waals surface area contributed by atoms with Gasteiger partial charge in [-0.3, -0.25) is 4.79 Å². The standard InChI is InChI=1S/C21H20N4OS2/c1-13-11-27-21(22-13)28-12-15-7-9-16(10-8-15)20(26)23-14(2)19-24-17-5-3-4-6-18(17)25-19/h3-11,14H,12H2,1-2H3,(H,23,26)(H,24,25)/t14-/m0/s1. The van der Waals surface area contributed by atoms with E-state index in [0.29, 0.717) is 5.56 Å². The summed E-state index contributed by atoms with van der Waals surface area (Å²) in [5, 5.41) is 5.06. The molecular formula is C21H20N4OS2. The molecule has 1 amide bonds. The van der Waals surface area contributed by atoms with Crippen LogP contribution in [-0.4, -0.2) is 20.9 Å². The lowest BCUT2D eigenvalue weighted by atomic mass is 10.1. The number of rotatable bonds is 6. The number of para-hydroxylation sites is 2. The maximum absolute atomic E-state index is 12.6. The van der Waals surface area contributed by atoms with Crippen LogP contribution < -0.4 is 5.32 Å². The van der Waals surface area contributed by atoms with Gasteiger partial charge in [-0.1, -0.05) is 36.0 Å². The number of fused-ring (bicyclic) bond motifs is 1. The van der Waals surface area contributed by atoms with Crippen molar-refractivity contribution in [1.82, 2.24) is 20.3 Å². The fraction of sp³-hybridized carbons (Fsp3) is 0.190. The fourth-order valence-corrected chi connectivity index (χ4v) is 4.63. The largest absolute Gasteiger partial charge is 0.342 e. The van der Waals surface area contributed by atoms with E-state index in [0.717, 1.165) is 32.6 Å². The molecular weight excluding hydrogens is 388 g/mol. The van der Waals surface area contributed by atoms with Crippen LogP contribution in [0.2, 0.25) is 0 Å². The van der Waals surface area contributed by atoms with Crippen LogP contribution in [-0.2, 0) is 5.75 Å². The van der Waals surface area contributed by atoms with Gasteiger partial charge in [0.25, 0.3) is 5.91 Å². The Labute approximate surface area is 171 Å². The minimum atomic E-state index is -0.205. The van der Waals surface area contributed by atoms with Crippen molar-refractivity contribution >= 4 is 40.0 Å². The predicted molar refractivity (Wildman–Crippen MR) is 115 cm³/mol. The third-order valence-corrected chi connectivity index (χ3v) is 6.55. The SMILES string of the molecule is Cc1csc(SCc2ccc(C(=O)N[C@@H](C)c3nc4ccccc4[nH]3)cc2)n1. The number of carbonyl (C=O) groups is 1. The number of aromatic nitrogens is 3. The molecule has 0 unspecified atom stereocenters. The molecule has 2 N–H and O–H groups in total. The van der Waals surface area contributed by atoms with Crippen molar-refractivity contribution in [1.29, 1.82) is 0 Å². The van der Waals surface area contributed by atoms with Crippen molar-refractivity contribution in [2.75, 3.05) is 0 Å². The highest BCUT2D eigenvalue weighted by atomic mass is 32.2. The number of imidazole rings is 1. The molecule has 0 bridgehead atoms. The molecule has 1 atom stereocenters. The first-order valence-corrected chi connectivity index (χ1v) is 10.8. The van der Waals surface area contributed by atoms with Gasteiger partial charge in [0, 0.05) is 22.4 Å². The van der Waals surface area contributed by atoms with Crippen molar-refractivity contribution in [3.8, 4) is 0 Å². The minimum absolute atomic E-state index is 0.109. The van der Waals surface area contributed by atoms with Crippen molar-refractivity contribution in [3.63, 3.8) is 0 Å². The molecule has 2 heterocycles. The first-order valence-electron chi connectivity index (χ1n) is 8.98. The van der Waals surface area contributed by atoms with E-state index in [-0.39, 0.29) is 11.9 Å². The van der Waals surface area contributed by atoms with Gasteiger partial charge in [0.15, 0.2) is 0 Å². The number of thioether (sulfide) groups is 1. The lowest BCUT2D eigenvalue weighted by Gasteiger charge is -2.11. The van der Waals surface area contributed by atoms with E-state index in [2.05, 4.69) is 25.6 Å². The highest BCUT2D eigenvalue weighted by Crippen LogP contribution is 2.26. The second-order valence-corrected chi connectivity index (χ2v) is 8.66. The summed E-state index contributed by atoms with van der Waals surface area (Å²) in [5.41, 5.74) is 4.73. The number of carbonyl (C=O) groups excluding carboxylic acids is 1. The average Bonchev–Trinajstić information content (AvgIpc) is 3.32.